The minimum atomic E-state index is -1.06. The zero-order valence-corrected chi connectivity index (χ0v) is 24.6. The maximum atomic E-state index is 14.3. The van der Waals surface area contributed by atoms with Crippen LogP contribution in [-0.4, -0.2) is 49.2 Å². The van der Waals surface area contributed by atoms with Gasteiger partial charge in [-0.2, -0.15) is 0 Å². The molecule has 0 bridgehead atoms. The van der Waals surface area contributed by atoms with Crippen LogP contribution in [0.25, 0.3) is 0 Å². The van der Waals surface area contributed by atoms with Crippen LogP contribution in [0.1, 0.15) is 85.9 Å². The molecule has 3 aromatic rings. The van der Waals surface area contributed by atoms with Crippen molar-refractivity contribution in [2.24, 2.45) is 0 Å². The summed E-state index contributed by atoms with van der Waals surface area (Å²) in [6, 6.07) is 10.2. The topological polar surface area (TPSA) is 103 Å². The minimum Gasteiger partial charge on any atom is -0.493 e. The smallest absolute Gasteiger partial charge is 0.279 e. The van der Waals surface area contributed by atoms with Crippen molar-refractivity contribution in [1.82, 2.24) is 15.3 Å². The van der Waals surface area contributed by atoms with Crippen molar-refractivity contribution < 1.29 is 23.8 Å². The fraction of sp³-hybridized carbons (Fsp3) is 0.438. The van der Waals surface area contributed by atoms with Crippen molar-refractivity contribution in [3.63, 3.8) is 0 Å². The van der Waals surface area contributed by atoms with Gasteiger partial charge in [0.25, 0.3) is 5.91 Å². The summed E-state index contributed by atoms with van der Waals surface area (Å²) >= 11 is 0. The highest BCUT2D eigenvalue weighted by molar-refractivity contribution is 6.09. The van der Waals surface area contributed by atoms with Crippen LogP contribution in [0.4, 0.5) is 5.69 Å². The van der Waals surface area contributed by atoms with Crippen LogP contribution in [0.5, 0.6) is 17.2 Å². The van der Waals surface area contributed by atoms with Gasteiger partial charge in [0.2, 0.25) is 11.7 Å². The SMILES string of the molecule is CC[C@H](C)c1ccc(N(C(=O)c2cnccn2)[C@H](C(=O)NC2CCCCC2)c2cc(OC)c(OC)c(OC)c2)cc1. The van der Waals surface area contributed by atoms with E-state index in [1.165, 1.54) is 44.8 Å². The van der Waals surface area contributed by atoms with Crippen LogP contribution >= 0.6 is 0 Å². The van der Waals surface area contributed by atoms with Gasteiger partial charge in [-0.15, -0.1) is 0 Å². The number of ether oxygens (including phenoxy) is 3. The molecule has 9 nitrogen and oxygen atoms in total. The molecule has 0 aliphatic heterocycles. The van der Waals surface area contributed by atoms with Gasteiger partial charge in [0, 0.05) is 24.1 Å². The lowest BCUT2D eigenvalue weighted by Gasteiger charge is -2.34. The fourth-order valence-corrected chi connectivity index (χ4v) is 5.32. The quantitative estimate of drug-likeness (QED) is 0.314. The number of carbonyl (C=O) groups excluding carboxylic acids is 2. The highest BCUT2D eigenvalue weighted by Gasteiger charge is 2.36. The minimum absolute atomic E-state index is 0.0297. The Bertz CT molecular complexity index is 1280. The molecule has 1 saturated carbocycles. The number of nitrogens with zero attached hydrogens (tertiary/aromatic N) is 3. The average Bonchev–Trinajstić information content (AvgIpc) is 3.03. The third kappa shape index (κ3) is 6.78. The van der Waals surface area contributed by atoms with Crippen molar-refractivity contribution in [1.29, 1.82) is 0 Å². The third-order valence-corrected chi connectivity index (χ3v) is 7.81. The molecule has 1 aliphatic carbocycles. The summed E-state index contributed by atoms with van der Waals surface area (Å²) in [7, 11) is 4.57. The van der Waals surface area contributed by atoms with E-state index in [2.05, 4.69) is 29.1 Å². The molecule has 9 heteroatoms. The van der Waals surface area contributed by atoms with Gasteiger partial charge in [0.15, 0.2) is 11.5 Å². The third-order valence-electron chi connectivity index (χ3n) is 7.81. The zero-order chi connectivity index (χ0) is 29.4. The van der Waals surface area contributed by atoms with Crippen LogP contribution < -0.4 is 24.4 Å². The number of nitrogens with one attached hydrogen (secondary N) is 1. The summed E-state index contributed by atoms with van der Waals surface area (Å²) in [5.74, 6) is 0.776. The first-order chi connectivity index (χ1) is 19.9. The Balaban J connectivity index is 1.90. The Kier molecular flexibility index (Phi) is 10.2. The van der Waals surface area contributed by atoms with Crippen LogP contribution in [-0.2, 0) is 4.79 Å². The number of amides is 2. The van der Waals surface area contributed by atoms with Crippen molar-refractivity contribution in [3.05, 3.63) is 71.8 Å². The van der Waals surface area contributed by atoms with E-state index in [0.717, 1.165) is 44.1 Å². The zero-order valence-electron chi connectivity index (χ0n) is 24.6. The first-order valence-corrected chi connectivity index (χ1v) is 14.2. The van der Waals surface area contributed by atoms with Gasteiger partial charge in [-0.25, -0.2) is 4.98 Å². The van der Waals surface area contributed by atoms with Crippen LogP contribution in [0.15, 0.2) is 55.0 Å². The summed E-state index contributed by atoms with van der Waals surface area (Å²) in [6.07, 6.45) is 10.4. The van der Waals surface area contributed by atoms with Crippen molar-refractivity contribution in [3.8, 4) is 17.2 Å². The van der Waals surface area contributed by atoms with E-state index in [-0.39, 0.29) is 17.6 Å². The molecule has 1 fully saturated rings. The van der Waals surface area contributed by atoms with Gasteiger partial charge < -0.3 is 19.5 Å². The molecule has 2 atom stereocenters. The van der Waals surface area contributed by atoms with Crippen molar-refractivity contribution in [2.45, 2.75) is 70.4 Å². The van der Waals surface area contributed by atoms with E-state index in [9.17, 15) is 9.59 Å². The molecular weight excluding hydrogens is 520 g/mol. The van der Waals surface area contributed by atoms with Crippen LogP contribution in [0.3, 0.4) is 0 Å². The molecule has 2 amide bonds. The summed E-state index contributed by atoms with van der Waals surface area (Å²) in [4.78, 5) is 38.4. The Hall–Kier alpha value is -4.14. The van der Waals surface area contributed by atoms with Gasteiger partial charge in [-0.3, -0.25) is 19.5 Å². The second-order valence-corrected chi connectivity index (χ2v) is 10.4. The van der Waals surface area contributed by atoms with E-state index in [0.29, 0.717) is 34.4 Å². The Morgan fingerprint density at radius 2 is 1.61 bits per heavy atom. The maximum Gasteiger partial charge on any atom is 0.279 e. The average molecular weight is 561 g/mol. The van der Waals surface area contributed by atoms with E-state index >= 15 is 0 Å². The number of hydrogen-bond acceptors (Lipinski definition) is 7. The largest absolute Gasteiger partial charge is 0.493 e. The molecule has 1 aromatic heterocycles. The van der Waals surface area contributed by atoms with Gasteiger partial charge in [-0.1, -0.05) is 45.2 Å². The lowest BCUT2D eigenvalue weighted by molar-refractivity contribution is -0.123. The summed E-state index contributed by atoms with van der Waals surface area (Å²) < 4.78 is 16.8. The lowest BCUT2D eigenvalue weighted by atomic mass is 9.94. The normalized spacial score (nSPS) is 15.0. The number of hydrogen-bond donors (Lipinski definition) is 1. The maximum absolute atomic E-state index is 14.3. The van der Waals surface area contributed by atoms with E-state index in [1.807, 2.05) is 24.3 Å². The van der Waals surface area contributed by atoms with Crippen molar-refractivity contribution in [2.75, 3.05) is 26.2 Å². The predicted octanol–water partition coefficient (Wildman–Crippen LogP) is 5.85. The second-order valence-electron chi connectivity index (χ2n) is 10.4. The van der Waals surface area contributed by atoms with Gasteiger partial charge in [0.1, 0.15) is 11.7 Å². The van der Waals surface area contributed by atoms with E-state index in [1.54, 1.807) is 12.1 Å². The highest BCUT2D eigenvalue weighted by Crippen LogP contribution is 2.42. The fourth-order valence-electron chi connectivity index (χ4n) is 5.32. The summed E-state index contributed by atoms with van der Waals surface area (Å²) in [5, 5.41) is 3.23. The number of aromatic nitrogens is 2. The lowest BCUT2D eigenvalue weighted by Crippen LogP contribution is -2.47. The van der Waals surface area contributed by atoms with Gasteiger partial charge in [-0.05, 0) is 60.6 Å². The van der Waals surface area contributed by atoms with Crippen LogP contribution in [0.2, 0.25) is 0 Å². The summed E-state index contributed by atoms with van der Waals surface area (Å²) in [6.45, 7) is 4.30. The molecule has 1 heterocycles. The first-order valence-electron chi connectivity index (χ1n) is 14.2. The first kappa shape index (κ1) is 29.8. The molecule has 218 valence electrons. The van der Waals surface area contributed by atoms with E-state index < -0.39 is 11.9 Å². The van der Waals surface area contributed by atoms with Crippen LogP contribution in [0, 0.1) is 0 Å². The molecule has 0 unspecified atom stereocenters. The van der Waals surface area contributed by atoms with Gasteiger partial charge in [0.05, 0.1) is 27.5 Å². The summed E-state index contributed by atoms with van der Waals surface area (Å²) in [5.41, 5.74) is 2.35. The van der Waals surface area contributed by atoms with Gasteiger partial charge >= 0.3 is 0 Å². The molecule has 1 aliphatic rings. The molecule has 0 saturated heterocycles. The standard InChI is InChI=1S/C32H40N4O5/c1-6-21(2)22-12-14-25(15-13-22)36(32(38)26-20-33-16-17-34-26)29(31(37)35-24-10-8-7-9-11-24)23-18-27(39-3)30(41-5)28(19-23)40-4/h12-21,24,29H,6-11H2,1-5H3,(H,35,37)/t21-,29-/m0/s1. The number of anilines is 1. The molecule has 0 radical (unpaired) electrons. The highest BCUT2D eigenvalue weighted by atomic mass is 16.5. The second kappa shape index (κ2) is 14.0. The number of carbonyl (C=O) groups is 2. The van der Waals surface area contributed by atoms with Crippen molar-refractivity contribution >= 4 is 17.5 Å². The Morgan fingerprint density at radius 3 is 2.15 bits per heavy atom. The molecular formula is C32H40N4O5. The molecule has 4 rings (SSSR count). The number of rotatable bonds is 11. The molecule has 1 N–H and O–H groups in total. The monoisotopic (exact) mass is 560 g/mol. The predicted molar refractivity (Wildman–Crippen MR) is 158 cm³/mol. The number of benzene rings is 2. The number of methoxy groups -OCH3 is 3. The Labute approximate surface area is 242 Å². The molecule has 2 aromatic carbocycles. The molecule has 0 spiro atoms. The molecule has 41 heavy (non-hydrogen) atoms. The van der Waals surface area contributed by atoms with E-state index in [4.69, 9.17) is 14.2 Å². The Morgan fingerprint density at radius 1 is 0.951 bits per heavy atom.